The van der Waals surface area contributed by atoms with Crippen molar-refractivity contribution in [2.75, 3.05) is 13.7 Å². The molecule has 1 amide bonds. The lowest BCUT2D eigenvalue weighted by Gasteiger charge is -2.27. The zero-order valence-corrected chi connectivity index (χ0v) is 25.0. The normalized spacial score (nSPS) is 23.2. The zero-order chi connectivity index (χ0) is 29.0. The third kappa shape index (κ3) is 3.96. The summed E-state index contributed by atoms with van der Waals surface area (Å²) in [7, 11) is 3.72. The maximum atomic E-state index is 13.8. The van der Waals surface area contributed by atoms with Crippen molar-refractivity contribution in [1.82, 2.24) is 33.8 Å². The van der Waals surface area contributed by atoms with Crippen LogP contribution in [0.5, 0.6) is 5.75 Å². The number of aromatic nitrogens is 6. The Hall–Kier alpha value is -4.14. The highest BCUT2D eigenvalue weighted by Crippen LogP contribution is 2.44. The molecular formula is C34H37N7O2. The summed E-state index contributed by atoms with van der Waals surface area (Å²) in [4.78, 5) is 26.2. The monoisotopic (exact) mass is 575 g/mol. The summed E-state index contributed by atoms with van der Waals surface area (Å²) in [6, 6.07) is 11.2. The summed E-state index contributed by atoms with van der Waals surface area (Å²) in [5.41, 5.74) is 6.36. The van der Waals surface area contributed by atoms with Gasteiger partial charge in [0.25, 0.3) is 5.91 Å². The number of carbonyl (C=O) groups excluding carboxylic acids is 1. The first-order chi connectivity index (χ1) is 21.0. The summed E-state index contributed by atoms with van der Waals surface area (Å²) in [5.74, 6) is 3.48. The van der Waals surface area contributed by atoms with Crippen LogP contribution in [0.3, 0.4) is 0 Å². The van der Waals surface area contributed by atoms with Gasteiger partial charge < -0.3 is 18.8 Å². The third-order valence-corrected chi connectivity index (χ3v) is 10.6. The number of benzene rings is 1. The summed E-state index contributed by atoms with van der Waals surface area (Å²) in [6.07, 6.45) is 11.3. The second-order valence-electron chi connectivity index (χ2n) is 13.4. The Morgan fingerprint density at radius 2 is 1.91 bits per heavy atom. The molecule has 0 spiro atoms. The number of nitrogens with zero attached hydrogens (tertiary/aromatic N) is 7. The Morgan fingerprint density at radius 3 is 2.63 bits per heavy atom. The van der Waals surface area contributed by atoms with Crippen molar-refractivity contribution in [1.29, 1.82) is 0 Å². The van der Waals surface area contributed by atoms with Crippen LogP contribution in [0, 0.1) is 17.8 Å². The molecule has 1 aliphatic heterocycles. The van der Waals surface area contributed by atoms with E-state index in [2.05, 4.69) is 55.1 Å². The molecule has 5 heterocycles. The number of aryl methyl sites for hydroxylation is 1. The van der Waals surface area contributed by atoms with Gasteiger partial charge in [0.1, 0.15) is 16.9 Å². The summed E-state index contributed by atoms with van der Waals surface area (Å²) < 4.78 is 12.4. The van der Waals surface area contributed by atoms with Gasteiger partial charge in [0.2, 0.25) is 0 Å². The van der Waals surface area contributed by atoms with Gasteiger partial charge in [-0.2, -0.15) is 5.10 Å². The second kappa shape index (κ2) is 9.18. The van der Waals surface area contributed by atoms with Crippen molar-refractivity contribution in [3.05, 3.63) is 48.3 Å². The van der Waals surface area contributed by atoms with Gasteiger partial charge in [-0.1, -0.05) is 6.92 Å². The Labute approximate surface area is 250 Å². The highest BCUT2D eigenvalue weighted by molar-refractivity contribution is 6.00. The Balaban J connectivity index is 1.14. The van der Waals surface area contributed by atoms with Crippen molar-refractivity contribution >= 4 is 28.0 Å². The van der Waals surface area contributed by atoms with E-state index >= 15 is 0 Å². The number of hydrogen-bond donors (Lipinski definition) is 0. The molecule has 43 heavy (non-hydrogen) atoms. The number of fused-ring (bicyclic) bond motifs is 4. The standard InChI is InChI=1S/C34H37N7O2/c1-19-22-7-11-28(19)40(17-22)34(42)23-12-27-31(30(14-23)43-3)38(2)33(37-27)29-13-21-6-10-26(24-15-35-41(18-24)25-8-9-25)36-32(21)39(29)16-20-4-5-20/h6,10,12-15,18-20,22,25,28H,4-5,7-9,11,16-17H2,1-3H3/t19-,22?,28?/m1/s1. The maximum Gasteiger partial charge on any atom is 0.254 e. The molecule has 2 bridgehead atoms. The fraction of sp³-hybridized carbons (Fsp3) is 0.471. The first-order valence-corrected chi connectivity index (χ1v) is 15.9. The van der Waals surface area contributed by atoms with Crippen LogP contribution < -0.4 is 4.74 Å². The highest BCUT2D eigenvalue weighted by atomic mass is 16.5. The van der Waals surface area contributed by atoms with Gasteiger partial charge >= 0.3 is 0 Å². The van der Waals surface area contributed by atoms with E-state index in [4.69, 9.17) is 14.7 Å². The molecule has 9 rings (SSSR count). The first kappa shape index (κ1) is 25.4. The summed E-state index contributed by atoms with van der Waals surface area (Å²) in [5, 5.41) is 5.70. The van der Waals surface area contributed by atoms with Gasteiger partial charge in [0.05, 0.1) is 36.3 Å². The number of likely N-dealkylation sites (tertiary alicyclic amines) is 1. The van der Waals surface area contributed by atoms with Crippen LogP contribution in [0.25, 0.3) is 44.8 Å². The molecule has 3 aliphatic carbocycles. The van der Waals surface area contributed by atoms with E-state index in [9.17, 15) is 4.79 Å². The SMILES string of the molecule is COc1cc(C(=O)N2CC3CCC2[C@@H]3C)cc2nc(-c3cc4ccc(-c5cnn(C6CC6)c5)nc4n3CC3CC3)n(C)c12. The van der Waals surface area contributed by atoms with Gasteiger partial charge in [-0.3, -0.25) is 9.48 Å². The van der Waals surface area contributed by atoms with Crippen LogP contribution in [0.1, 0.15) is 61.8 Å². The minimum absolute atomic E-state index is 0.0936. The molecule has 3 saturated carbocycles. The fourth-order valence-electron chi connectivity index (χ4n) is 7.75. The predicted molar refractivity (Wildman–Crippen MR) is 165 cm³/mol. The van der Waals surface area contributed by atoms with E-state index in [0.29, 0.717) is 41.2 Å². The lowest BCUT2D eigenvalue weighted by atomic mass is 10.0. The number of hydrogen-bond acceptors (Lipinski definition) is 5. The van der Waals surface area contributed by atoms with Crippen LogP contribution >= 0.6 is 0 Å². The highest BCUT2D eigenvalue weighted by Gasteiger charge is 2.46. The van der Waals surface area contributed by atoms with Crippen LogP contribution in [-0.4, -0.2) is 59.4 Å². The molecule has 5 aromatic rings. The number of amides is 1. The molecule has 1 saturated heterocycles. The molecule has 220 valence electrons. The molecule has 9 heteroatoms. The molecule has 2 unspecified atom stereocenters. The number of ether oxygens (including phenoxy) is 1. The van der Waals surface area contributed by atoms with Gasteiger partial charge in [0, 0.05) is 48.9 Å². The van der Waals surface area contributed by atoms with Crippen LogP contribution in [0.15, 0.2) is 42.7 Å². The quantitative estimate of drug-likeness (QED) is 0.235. The second-order valence-corrected chi connectivity index (χ2v) is 13.4. The van der Waals surface area contributed by atoms with Crippen molar-refractivity contribution in [3.63, 3.8) is 0 Å². The first-order valence-electron chi connectivity index (χ1n) is 15.9. The topological polar surface area (TPSA) is 83.0 Å². The number of carbonyl (C=O) groups is 1. The zero-order valence-electron chi connectivity index (χ0n) is 25.0. The van der Waals surface area contributed by atoms with E-state index in [1.165, 1.54) is 32.1 Å². The number of rotatable bonds is 7. The maximum absolute atomic E-state index is 13.8. The predicted octanol–water partition coefficient (Wildman–Crippen LogP) is 6.08. The van der Waals surface area contributed by atoms with Crippen LogP contribution in [-0.2, 0) is 13.6 Å². The minimum atomic E-state index is 0.0936. The number of methoxy groups -OCH3 is 1. The van der Waals surface area contributed by atoms with E-state index < -0.39 is 0 Å². The average molecular weight is 576 g/mol. The van der Waals surface area contributed by atoms with E-state index in [-0.39, 0.29) is 5.91 Å². The lowest BCUT2D eigenvalue weighted by Crippen LogP contribution is -2.38. The Bertz CT molecular complexity index is 1920. The summed E-state index contributed by atoms with van der Waals surface area (Å²) in [6.45, 7) is 4.07. The van der Waals surface area contributed by atoms with E-state index in [1.54, 1.807) is 7.11 Å². The Kier molecular flexibility index (Phi) is 5.41. The third-order valence-electron chi connectivity index (χ3n) is 10.6. The molecule has 0 N–H and O–H groups in total. The van der Waals surface area contributed by atoms with E-state index in [0.717, 1.165) is 64.4 Å². The largest absolute Gasteiger partial charge is 0.494 e. The molecule has 9 nitrogen and oxygen atoms in total. The van der Waals surface area contributed by atoms with Gasteiger partial charge in [0.15, 0.2) is 5.82 Å². The smallest absolute Gasteiger partial charge is 0.254 e. The van der Waals surface area contributed by atoms with Gasteiger partial charge in [-0.05, 0) is 86.6 Å². The van der Waals surface area contributed by atoms with Crippen LogP contribution in [0.4, 0.5) is 0 Å². The average Bonchev–Trinajstić information content (AvgIpc) is 3.86. The fourth-order valence-corrected chi connectivity index (χ4v) is 7.75. The molecule has 0 radical (unpaired) electrons. The van der Waals surface area contributed by atoms with Crippen molar-refractivity contribution in [3.8, 4) is 28.5 Å². The Morgan fingerprint density at radius 1 is 1.05 bits per heavy atom. The van der Waals surface area contributed by atoms with Crippen molar-refractivity contribution < 1.29 is 9.53 Å². The molecule has 1 aromatic carbocycles. The number of imidazole rings is 1. The van der Waals surface area contributed by atoms with Crippen molar-refractivity contribution in [2.24, 2.45) is 24.8 Å². The molecule has 4 fully saturated rings. The molecular weight excluding hydrogens is 538 g/mol. The molecule has 4 aliphatic rings. The van der Waals surface area contributed by atoms with Gasteiger partial charge in [-0.15, -0.1) is 0 Å². The van der Waals surface area contributed by atoms with Crippen LogP contribution in [0.2, 0.25) is 0 Å². The number of pyridine rings is 1. The molecule has 3 atom stereocenters. The van der Waals surface area contributed by atoms with E-state index in [1.807, 2.05) is 25.4 Å². The van der Waals surface area contributed by atoms with Gasteiger partial charge in [-0.25, -0.2) is 9.97 Å². The number of piperidine rings is 1. The summed E-state index contributed by atoms with van der Waals surface area (Å²) >= 11 is 0. The van der Waals surface area contributed by atoms with Crippen molar-refractivity contribution in [2.45, 2.75) is 64.1 Å². The minimum Gasteiger partial charge on any atom is -0.494 e. The molecule has 4 aromatic heterocycles. The lowest BCUT2D eigenvalue weighted by molar-refractivity contribution is 0.0696.